The van der Waals surface area contributed by atoms with Gasteiger partial charge in [-0.05, 0) is 43.5 Å². The summed E-state index contributed by atoms with van der Waals surface area (Å²) in [5.74, 6) is -1.19. The van der Waals surface area contributed by atoms with E-state index < -0.39 is 17.5 Å². The monoisotopic (exact) mass is 439 g/mol. The smallest absolute Gasteiger partial charge is 0.336 e. The lowest BCUT2D eigenvalue weighted by molar-refractivity contribution is -0.149. The van der Waals surface area contributed by atoms with Crippen LogP contribution in [-0.4, -0.2) is 29.8 Å². The second-order valence-corrected chi connectivity index (χ2v) is 8.27. The molecule has 1 N–H and O–H groups in total. The van der Waals surface area contributed by atoms with Gasteiger partial charge in [0.25, 0.3) is 0 Å². The van der Waals surface area contributed by atoms with Gasteiger partial charge in [-0.15, -0.1) is 11.8 Å². The van der Waals surface area contributed by atoms with Crippen LogP contribution in [0.1, 0.15) is 17.5 Å². The topological polar surface area (TPSA) is 97.1 Å². The molecular weight excluding hydrogens is 418 g/mol. The maximum absolute atomic E-state index is 12.7. The number of carbonyl (C=O) groups is 2. The second kappa shape index (κ2) is 8.47. The van der Waals surface area contributed by atoms with Crippen molar-refractivity contribution < 1.29 is 23.8 Å². The highest BCUT2D eigenvalue weighted by Gasteiger charge is 2.36. The fraction of sp³-hybridized carbons (Fsp3) is 0.261. The normalized spacial score (nSPS) is 16.1. The fourth-order valence-corrected chi connectivity index (χ4v) is 4.15. The molecule has 0 bridgehead atoms. The molecule has 3 aromatic rings. The third-order valence-corrected chi connectivity index (χ3v) is 6.14. The molecule has 4 rings (SSSR count). The van der Waals surface area contributed by atoms with Gasteiger partial charge in [0.1, 0.15) is 17.9 Å². The minimum absolute atomic E-state index is 0.0138. The Morgan fingerprint density at radius 1 is 1.26 bits per heavy atom. The molecule has 1 atom stereocenters. The summed E-state index contributed by atoms with van der Waals surface area (Å²) in [6, 6.07) is 12.0. The average Bonchev–Trinajstić information content (AvgIpc) is 3.16. The molecule has 1 aliphatic rings. The average molecular weight is 439 g/mol. The molecule has 1 amide bonds. The number of phenols is 1. The second-order valence-electron chi connectivity index (χ2n) is 7.39. The highest BCUT2D eigenvalue weighted by atomic mass is 32.2. The zero-order valence-electron chi connectivity index (χ0n) is 17.1. The van der Waals surface area contributed by atoms with Crippen molar-refractivity contribution in [1.82, 2.24) is 0 Å². The molecule has 1 saturated heterocycles. The first-order valence-corrected chi connectivity index (χ1v) is 11.0. The number of aromatic hydroxyl groups is 1. The van der Waals surface area contributed by atoms with Gasteiger partial charge in [-0.3, -0.25) is 9.59 Å². The predicted octanol–water partition coefficient (Wildman–Crippen LogP) is 3.63. The summed E-state index contributed by atoms with van der Waals surface area (Å²) in [5.41, 5.74) is 1.34. The number of thioether (sulfide) groups is 1. The summed E-state index contributed by atoms with van der Waals surface area (Å²) in [7, 11) is 0. The number of ether oxygens (including phenoxy) is 1. The molecule has 0 saturated carbocycles. The lowest BCUT2D eigenvalue weighted by Crippen LogP contribution is -2.26. The number of aryl methyl sites for hydroxylation is 1. The Morgan fingerprint density at radius 3 is 2.84 bits per heavy atom. The van der Waals surface area contributed by atoms with Crippen molar-refractivity contribution in [1.29, 1.82) is 0 Å². The SMILES string of the molecule is CSc1cccc(N2C[C@@H](C(=O)OCc3cc(=O)oc4c(C)c(O)ccc34)CC2=O)c1. The van der Waals surface area contributed by atoms with E-state index in [0.717, 1.165) is 10.6 Å². The van der Waals surface area contributed by atoms with E-state index in [1.54, 1.807) is 29.7 Å². The van der Waals surface area contributed by atoms with E-state index >= 15 is 0 Å². The minimum Gasteiger partial charge on any atom is -0.508 e. The molecular formula is C23H21NO6S. The van der Waals surface area contributed by atoms with Crippen LogP contribution in [0.5, 0.6) is 5.75 Å². The molecule has 1 aromatic heterocycles. The summed E-state index contributed by atoms with van der Waals surface area (Å²) in [6.07, 6.45) is 2.04. The fourth-order valence-electron chi connectivity index (χ4n) is 3.70. The van der Waals surface area contributed by atoms with Crippen LogP contribution >= 0.6 is 11.8 Å². The van der Waals surface area contributed by atoms with Crippen LogP contribution in [0.3, 0.4) is 0 Å². The van der Waals surface area contributed by atoms with Crippen LogP contribution in [0.2, 0.25) is 0 Å². The summed E-state index contributed by atoms with van der Waals surface area (Å²) in [4.78, 5) is 39.7. The molecule has 0 unspecified atom stereocenters. The number of fused-ring (bicyclic) bond motifs is 1. The lowest BCUT2D eigenvalue weighted by atomic mass is 10.1. The van der Waals surface area contributed by atoms with Gasteiger partial charge in [0.2, 0.25) is 5.91 Å². The van der Waals surface area contributed by atoms with Crippen LogP contribution in [0.15, 0.2) is 56.6 Å². The molecule has 0 radical (unpaired) electrons. The van der Waals surface area contributed by atoms with E-state index in [-0.39, 0.29) is 36.8 Å². The maximum Gasteiger partial charge on any atom is 0.336 e. The van der Waals surface area contributed by atoms with E-state index in [0.29, 0.717) is 16.5 Å². The Hall–Kier alpha value is -3.26. The third-order valence-electron chi connectivity index (χ3n) is 5.41. The van der Waals surface area contributed by atoms with Gasteiger partial charge in [0, 0.05) is 46.1 Å². The molecule has 0 aliphatic carbocycles. The Morgan fingerprint density at radius 2 is 2.06 bits per heavy atom. The summed E-state index contributed by atoms with van der Waals surface area (Å²) < 4.78 is 10.7. The standard InChI is InChI=1S/C23H21NO6S/c1-13-19(25)7-6-18-15(9-21(27)30-22(13)18)12-29-23(28)14-8-20(26)24(11-14)16-4-3-5-17(10-16)31-2/h3-7,9-10,14,25H,8,11-12H2,1-2H3/t14-/m0/s1. The molecule has 1 fully saturated rings. The molecule has 1 aliphatic heterocycles. The molecule has 2 aromatic carbocycles. The van der Waals surface area contributed by atoms with Crippen molar-refractivity contribution in [3.8, 4) is 5.75 Å². The predicted molar refractivity (Wildman–Crippen MR) is 117 cm³/mol. The summed E-state index contributed by atoms with van der Waals surface area (Å²) >= 11 is 1.58. The Balaban J connectivity index is 1.49. The van der Waals surface area contributed by atoms with Gasteiger partial charge in [-0.2, -0.15) is 0 Å². The number of hydrogen-bond donors (Lipinski definition) is 1. The van der Waals surface area contributed by atoms with Crippen molar-refractivity contribution in [2.45, 2.75) is 24.8 Å². The first-order chi connectivity index (χ1) is 14.9. The highest BCUT2D eigenvalue weighted by molar-refractivity contribution is 7.98. The zero-order chi connectivity index (χ0) is 22.1. The molecule has 2 heterocycles. The number of anilines is 1. The number of rotatable bonds is 5. The van der Waals surface area contributed by atoms with Crippen LogP contribution in [0.4, 0.5) is 5.69 Å². The largest absolute Gasteiger partial charge is 0.508 e. The van der Waals surface area contributed by atoms with Gasteiger partial charge in [0.05, 0.1) is 5.92 Å². The van der Waals surface area contributed by atoms with E-state index in [1.165, 1.54) is 12.1 Å². The molecule has 31 heavy (non-hydrogen) atoms. The lowest BCUT2D eigenvalue weighted by Gasteiger charge is -2.17. The van der Waals surface area contributed by atoms with Gasteiger partial charge in [-0.25, -0.2) is 4.79 Å². The molecule has 8 heteroatoms. The third kappa shape index (κ3) is 4.16. The Bertz CT molecular complexity index is 1230. The van der Waals surface area contributed by atoms with E-state index in [4.69, 9.17) is 9.15 Å². The van der Waals surface area contributed by atoms with Crippen molar-refractivity contribution in [3.05, 3.63) is 64.0 Å². The van der Waals surface area contributed by atoms with Crippen molar-refractivity contribution in [2.75, 3.05) is 17.7 Å². The molecule has 160 valence electrons. The molecule has 7 nitrogen and oxygen atoms in total. The minimum atomic E-state index is -0.594. The van der Waals surface area contributed by atoms with Gasteiger partial charge >= 0.3 is 11.6 Å². The number of hydrogen-bond acceptors (Lipinski definition) is 7. The summed E-state index contributed by atoms with van der Waals surface area (Å²) in [5, 5.41) is 10.4. The van der Waals surface area contributed by atoms with Gasteiger partial charge in [-0.1, -0.05) is 6.07 Å². The molecule has 0 spiro atoms. The van der Waals surface area contributed by atoms with E-state index in [1.807, 2.05) is 30.5 Å². The van der Waals surface area contributed by atoms with Crippen LogP contribution < -0.4 is 10.5 Å². The number of nitrogens with zero attached hydrogens (tertiary/aromatic N) is 1. The van der Waals surface area contributed by atoms with Crippen molar-refractivity contribution in [2.24, 2.45) is 5.92 Å². The van der Waals surface area contributed by atoms with Crippen LogP contribution in [0.25, 0.3) is 11.0 Å². The number of phenolic OH excluding ortho intramolecular Hbond substituents is 1. The van der Waals surface area contributed by atoms with Crippen LogP contribution in [0, 0.1) is 12.8 Å². The highest BCUT2D eigenvalue weighted by Crippen LogP contribution is 2.30. The van der Waals surface area contributed by atoms with Gasteiger partial charge in [0.15, 0.2) is 0 Å². The maximum atomic E-state index is 12.7. The number of amides is 1. The number of carbonyl (C=O) groups excluding carboxylic acids is 2. The first kappa shape index (κ1) is 21.0. The van der Waals surface area contributed by atoms with Crippen LogP contribution in [-0.2, 0) is 20.9 Å². The van der Waals surface area contributed by atoms with Crippen molar-refractivity contribution in [3.63, 3.8) is 0 Å². The Labute approximate surface area is 182 Å². The van der Waals surface area contributed by atoms with Crippen molar-refractivity contribution >= 4 is 40.3 Å². The number of benzene rings is 2. The number of esters is 1. The quantitative estimate of drug-likeness (QED) is 0.368. The first-order valence-electron chi connectivity index (χ1n) is 9.73. The Kier molecular flexibility index (Phi) is 5.73. The van der Waals surface area contributed by atoms with E-state index in [2.05, 4.69) is 0 Å². The van der Waals surface area contributed by atoms with Gasteiger partial charge < -0.3 is 19.2 Å². The summed E-state index contributed by atoms with van der Waals surface area (Å²) in [6.45, 7) is 1.76. The van der Waals surface area contributed by atoms with E-state index in [9.17, 15) is 19.5 Å². The zero-order valence-corrected chi connectivity index (χ0v) is 17.9.